The van der Waals surface area contributed by atoms with E-state index in [4.69, 9.17) is 4.42 Å². The average molecular weight is 409 g/mol. The highest BCUT2D eigenvalue weighted by atomic mass is 16.3. The van der Waals surface area contributed by atoms with Gasteiger partial charge in [-0.15, -0.1) is 0 Å². The van der Waals surface area contributed by atoms with E-state index in [2.05, 4.69) is 10.6 Å². The zero-order valence-electron chi connectivity index (χ0n) is 16.7. The number of hydrogen-bond acceptors (Lipinski definition) is 4. The Kier molecular flexibility index (Phi) is 4.78. The summed E-state index contributed by atoms with van der Waals surface area (Å²) in [6.07, 6.45) is 3.33. The van der Waals surface area contributed by atoms with Crippen LogP contribution in [0.2, 0.25) is 0 Å². The van der Waals surface area contributed by atoms with E-state index < -0.39 is 6.04 Å². The average Bonchev–Trinajstić information content (AvgIpc) is 3.30. The third-order valence-corrected chi connectivity index (χ3v) is 6.36. The summed E-state index contributed by atoms with van der Waals surface area (Å²) in [7, 11) is 0. The van der Waals surface area contributed by atoms with Crippen molar-refractivity contribution in [2.75, 3.05) is 38.0 Å². The molecule has 0 saturated carbocycles. The van der Waals surface area contributed by atoms with Gasteiger partial charge in [-0.05, 0) is 30.3 Å². The molecule has 2 aromatic rings. The van der Waals surface area contributed by atoms with Crippen LogP contribution in [-0.2, 0) is 9.59 Å². The van der Waals surface area contributed by atoms with Crippen molar-refractivity contribution >= 4 is 23.4 Å². The van der Waals surface area contributed by atoms with Gasteiger partial charge in [0.25, 0.3) is 5.91 Å². The minimum Gasteiger partial charge on any atom is -0.464 e. The van der Waals surface area contributed by atoms with E-state index in [0.717, 1.165) is 31.5 Å². The Morgan fingerprint density at radius 1 is 1.13 bits per heavy atom. The first-order valence-corrected chi connectivity index (χ1v) is 10.5. The molecule has 0 spiro atoms. The van der Waals surface area contributed by atoms with Crippen LogP contribution in [0.25, 0.3) is 11.3 Å². The molecular formula is C22H25N4O4+. The number of benzene rings is 1. The smallest absolute Gasteiger partial charge is 0.256 e. The van der Waals surface area contributed by atoms with E-state index in [0.29, 0.717) is 30.1 Å². The Morgan fingerprint density at radius 3 is 2.73 bits per heavy atom. The number of carbonyl (C=O) groups excluding carboxylic acids is 3. The molecule has 8 heteroatoms. The van der Waals surface area contributed by atoms with Gasteiger partial charge in [0.2, 0.25) is 11.8 Å². The number of quaternary nitrogens is 1. The van der Waals surface area contributed by atoms with Crippen LogP contribution in [0.15, 0.2) is 41.0 Å². The largest absolute Gasteiger partial charge is 0.464 e. The second-order valence-electron chi connectivity index (χ2n) is 8.17. The fourth-order valence-corrected chi connectivity index (χ4v) is 4.68. The summed E-state index contributed by atoms with van der Waals surface area (Å²) < 4.78 is 5.44. The molecule has 2 fully saturated rings. The summed E-state index contributed by atoms with van der Waals surface area (Å²) in [5.74, 6) is 0.366. The molecule has 1 atom stereocenters. The normalized spacial score (nSPS) is 22.2. The van der Waals surface area contributed by atoms with Crippen molar-refractivity contribution in [3.63, 3.8) is 0 Å². The standard InChI is InChI=1S/C22H24N4O4/c27-20-18-13-25(21(28)14-5-7-23-8-6-14)9-10-26(18)22(29)16-12-15(3-4-17(16)24-20)19-2-1-11-30-19/h1-4,11-12,14,18,23H,5-10,13H2,(H,24,27)/p+1/t18-/m1/s1. The second-order valence-corrected chi connectivity index (χ2v) is 8.17. The zero-order valence-corrected chi connectivity index (χ0v) is 16.7. The second kappa shape index (κ2) is 7.60. The van der Waals surface area contributed by atoms with Gasteiger partial charge < -0.3 is 24.9 Å². The number of hydrogen-bond donors (Lipinski definition) is 2. The Morgan fingerprint density at radius 2 is 1.97 bits per heavy atom. The zero-order chi connectivity index (χ0) is 20.7. The Labute approximate surface area is 174 Å². The number of furan rings is 1. The molecule has 0 unspecified atom stereocenters. The minimum atomic E-state index is -0.676. The van der Waals surface area contributed by atoms with Gasteiger partial charge in [0.05, 0.1) is 37.1 Å². The molecule has 3 N–H and O–H groups in total. The fraction of sp³-hybridized carbons (Fsp3) is 0.409. The summed E-state index contributed by atoms with van der Waals surface area (Å²) in [5, 5.41) is 5.12. The molecule has 2 saturated heterocycles. The summed E-state index contributed by atoms with van der Waals surface area (Å²) in [4.78, 5) is 42.6. The number of amides is 3. The summed E-state index contributed by atoms with van der Waals surface area (Å²) in [6.45, 7) is 2.99. The van der Waals surface area contributed by atoms with Gasteiger partial charge >= 0.3 is 0 Å². The quantitative estimate of drug-likeness (QED) is 0.756. The van der Waals surface area contributed by atoms with Crippen LogP contribution in [0.4, 0.5) is 5.69 Å². The van der Waals surface area contributed by atoms with Gasteiger partial charge in [0, 0.05) is 37.4 Å². The van der Waals surface area contributed by atoms with Crippen molar-refractivity contribution < 1.29 is 24.1 Å². The molecule has 30 heavy (non-hydrogen) atoms. The number of piperidine rings is 1. The number of carbonyl (C=O) groups is 3. The summed E-state index contributed by atoms with van der Waals surface area (Å²) in [6, 6.07) is 8.27. The van der Waals surface area contributed by atoms with Gasteiger partial charge in [-0.1, -0.05) is 0 Å². The predicted octanol–water partition coefficient (Wildman–Crippen LogP) is 0.525. The van der Waals surface area contributed by atoms with Crippen LogP contribution in [0, 0.1) is 5.92 Å². The highest BCUT2D eigenvalue weighted by Crippen LogP contribution is 2.30. The van der Waals surface area contributed by atoms with Crippen molar-refractivity contribution in [1.82, 2.24) is 9.80 Å². The topological polar surface area (TPSA) is 99.5 Å². The third kappa shape index (κ3) is 3.27. The third-order valence-electron chi connectivity index (χ3n) is 6.36. The van der Waals surface area contributed by atoms with Crippen molar-refractivity contribution in [2.24, 2.45) is 5.92 Å². The lowest BCUT2D eigenvalue weighted by Gasteiger charge is -2.40. The lowest BCUT2D eigenvalue weighted by atomic mass is 9.95. The maximum atomic E-state index is 13.3. The van der Waals surface area contributed by atoms with E-state index in [1.807, 2.05) is 12.1 Å². The Hall–Kier alpha value is -3.13. The molecule has 1 aromatic heterocycles. The molecule has 156 valence electrons. The van der Waals surface area contributed by atoms with E-state index in [9.17, 15) is 14.4 Å². The summed E-state index contributed by atoms with van der Waals surface area (Å²) in [5.41, 5.74) is 1.72. The molecule has 5 rings (SSSR count). The molecule has 1 aromatic carbocycles. The van der Waals surface area contributed by atoms with Gasteiger partial charge in [-0.2, -0.15) is 0 Å². The number of nitrogens with zero attached hydrogens (tertiary/aromatic N) is 2. The van der Waals surface area contributed by atoms with Crippen LogP contribution in [0.1, 0.15) is 23.2 Å². The summed E-state index contributed by atoms with van der Waals surface area (Å²) >= 11 is 0. The molecule has 3 aliphatic heterocycles. The number of fused-ring (bicyclic) bond motifs is 2. The number of nitrogens with two attached hydrogens (primary N) is 1. The van der Waals surface area contributed by atoms with Crippen LogP contribution in [0.5, 0.6) is 0 Å². The van der Waals surface area contributed by atoms with Crippen LogP contribution >= 0.6 is 0 Å². The molecule has 4 heterocycles. The van der Waals surface area contributed by atoms with Crippen molar-refractivity contribution in [2.45, 2.75) is 18.9 Å². The minimum absolute atomic E-state index is 0.0270. The lowest BCUT2D eigenvalue weighted by molar-refractivity contribution is -0.664. The van der Waals surface area contributed by atoms with Crippen LogP contribution in [0.3, 0.4) is 0 Å². The molecule has 3 amide bonds. The first-order valence-electron chi connectivity index (χ1n) is 10.5. The highest BCUT2D eigenvalue weighted by Gasteiger charge is 2.41. The molecule has 8 nitrogen and oxygen atoms in total. The van der Waals surface area contributed by atoms with E-state index >= 15 is 0 Å². The van der Waals surface area contributed by atoms with Crippen LogP contribution in [-0.4, -0.2) is 66.3 Å². The lowest BCUT2D eigenvalue weighted by Crippen LogP contribution is -2.86. The highest BCUT2D eigenvalue weighted by molar-refractivity contribution is 6.10. The predicted molar refractivity (Wildman–Crippen MR) is 109 cm³/mol. The molecular weight excluding hydrogens is 384 g/mol. The SMILES string of the molecule is O=C1Nc2ccc(-c3ccco3)cc2C(=O)N2CCN(C(=O)C3CC[NH2+]CC3)C[C@H]12. The molecule has 0 aliphatic carbocycles. The van der Waals surface area contributed by atoms with Gasteiger partial charge in [-0.3, -0.25) is 14.4 Å². The number of anilines is 1. The number of piperazine rings is 1. The van der Waals surface area contributed by atoms with Crippen molar-refractivity contribution in [3.05, 3.63) is 42.2 Å². The monoisotopic (exact) mass is 409 g/mol. The fourth-order valence-electron chi connectivity index (χ4n) is 4.68. The van der Waals surface area contributed by atoms with E-state index in [1.54, 1.807) is 34.3 Å². The maximum Gasteiger partial charge on any atom is 0.256 e. The molecule has 0 bridgehead atoms. The van der Waals surface area contributed by atoms with E-state index in [-0.39, 0.29) is 30.2 Å². The molecule has 0 radical (unpaired) electrons. The van der Waals surface area contributed by atoms with Crippen molar-refractivity contribution in [3.8, 4) is 11.3 Å². The van der Waals surface area contributed by atoms with Gasteiger partial charge in [-0.25, -0.2) is 0 Å². The van der Waals surface area contributed by atoms with Crippen LogP contribution < -0.4 is 10.6 Å². The Balaban J connectivity index is 1.39. The number of nitrogens with one attached hydrogen (secondary N) is 1. The first-order chi connectivity index (χ1) is 14.6. The number of rotatable bonds is 2. The maximum absolute atomic E-state index is 13.3. The van der Waals surface area contributed by atoms with Gasteiger partial charge in [0.15, 0.2) is 0 Å². The molecule has 3 aliphatic rings. The Bertz CT molecular complexity index is 981. The first kappa shape index (κ1) is 18.9. The van der Waals surface area contributed by atoms with Crippen molar-refractivity contribution in [1.29, 1.82) is 0 Å². The van der Waals surface area contributed by atoms with Gasteiger partial charge in [0.1, 0.15) is 11.8 Å². The van der Waals surface area contributed by atoms with E-state index in [1.165, 1.54) is 0 Å².